The molecule has 31 heavy (non-hydrogen) atoms. The molecule has 7 nitrogen and oxygen atoms in total. The minimum absolute atomic E-state index is 0.214. The van der Waals surface area contributed by atoms with Crippen molar-refractivity contribution in [2.75, 3.05) is 18.5 Å². The number of rotatable bonds is 9. The zero-order chi connectivity index (χ0) is 22.2. The molecule has 0 aliphatic rings. The van der Waals surface area contributed by atoms with Crippen molar-refractivity contribution in [1.29, 1.82) is 0 Å². The number of aryl methyl sites for hydroxylation is 1. The van der Waals surface area contributed by atoms with E-state index in [0.29, 0.717) is 17.2 Å². The molecule has 1 atom stereocenters. The second-order valence-electron chi connectivity index (χ2n) is 6.61. The highest BCUT2D eigenvalue weighted by Crippen LogP contribution is 2.28. The van der Waals surface area contributed by atoms with Crippen LogP contribution in [0.5, 0.6) is 11.5 Å². The summed E-state index contributed by atoms with van der Waals surface area (Å²) in [6.45, 7) is 5.55. The van der Waals surface area contributed by atoms with E-state index in [1.807, 2.05) is 30.3 Å². The van der Waals surface area contributed by atoms with Gasteiger partial charge in [-0.3, -0.25) is 0 Å². The van der Waals surface area contributed by atoms with Gasteiger partial charge in [-0.1, -0.05) is 18.2 Å². The molecule has 0 fully saturated rings. The largest absolute Gasteiger partial charge is 0.464 e. The number of ether oxygens (including phenoxy) is 3. The Bertz CT molecular complexity index is 1010. The first-order valence-corrected chi connectivity index (χ1v) is 10.0. The third kappa shape index (κ3) is 5.66. The lowest BCUT2D eigenvalue weighted by molar-refractivity contribution is -0.144. The third-order valence-corrected chi connectivity index (χ3v) is 4.38. The van der Waals surface area contributed by atoms with Gasteiger partial charge in [0.05, 0.1) is 13.2 Å². The molecule has 0 radical (unpaired) electrons. The fourth-order valence-electron chi connectivity index (χ4n) is 2.94. The topological polar surface area (TPSA) is 87.0 Å². The van der Waals surface area contributed by atoms with Crippen molar-refractivity contribution in [2.45, 2.75) is 26.8 Å². The number of anilines is 1. The van der Waals surface area contributed by atoms with Gasteiger partial charge in [0, 0.05) is 5.69 Å². The lowest BCUT2D eigenvalue weighted by Crippen LogP contribution is -2.23. The fraction of sp³-hybridized carbons (Fsp3) is 0.250. The molecule has 162 valence electrons. The van der Waals surface area contributed by atoms with Crippen molar-refractivity contribution in [3.63, 3.8) is 0 Å². The standard InChI is InChI=1S/C24H25NO6/c1-4-28-23(26)20-15-21(30-16(20)3)22(24(27)29-5-2)25-17-11-13-19(14-12-17)31-18-9-7-6-8-10-18/h6-15,22,25H,4-5H2,1-3H3. The lowest BCUT2D eigenvalue weighted by atomic mass is 10.1. The molecule has 0 spiro atoms. The van der Waals surface area contributed by atoms with Crippen LogP contribution in [0.1, 0.15) is 41.8 Å². The number of benzene rings is 2. The Hall–Kier alpha value is -3.74. The molecule has 0 aliphatic heterocycles. The molecule has 0 saturated heterocycles. The van der Waals surface area contributed by atoms with Gasteiger partial charge in [0.15, 0.2) is 6.04 Å². The first-order valence-electron chi connectivity index (χ1n) is 10.0. The van der Waals surface area contributed by atoms with E-state index in [9.17, 15) is 9.59 Å². The Morgan fingerprint density at radius 1 is 0.935 bits per heavy atom. The van der Waals surface area contributed by atoms with Crippen LogP contribution in [0.2, 0.25) is 0 Å². The second kappa shape index (κ2) is 10.3. The highest BCUT2D eigenvalue weighted by Gasteiger charge is 2.28. The molecule has 1 heterocycles. The van der Waals surface area contributed by atoms with Crippen molar-refractivity contribution in [1.82, 2.24) is 0 Å². The van der Waals surface area contributed by atoms with Gasteiger partial charge in [0.2, 0.25) is 0 Å². The van der Waals surface area contributed by atoms with Gasteiger partial charge < -0.3 is 23.9 Å². The molecule has 2 aromatic carbocycles. The summed E-state index contributed by atoms with van der Waals surface area (Å²) < 4.78 is 21.7. The Balaban J connectivity index is 1.79. The first-order chi connectivity index (χ1) is 15.0. The van der Waals surface area contributed by atoms with Gasteiger partial charge in [0.25, 0.3) is 0 Å². The highest BCUT2D eigenvalue weighted by atomic mass is 16.5. The molecular formula is C24H25NO6. The van der Waals surface area contributed by atoms with Crippen LogP contribution in [0.3, 0.4) is 0 Å². The Morgan fingerprint density at radius 2 is 1.58 bits per heavy atom. The van der Waals surface area contributed by atoms with Gasteiger partial charge in [-0.15, -0.1) is 0 Å². The van der Waals surface area contributed by atoms with Crippen LogP contribution in [0.4, 0.5) is 5.69 Å². The quantitative estimate of drug-likeness (QED) is 0.469. The van der Waals surface area contributed by atoms with E-state index < -0.39 is 18.0 Å². The van der Waals surface area contributed by atoms with Crippen LogP contribution in [-0.2, 0) is 14.3 Å². The smallest absolute Gasteiger partial charge is 0.341 e. The molecule has 1 unspecified atom stereocenters. The summed E-state index contributed by atoms with van der Waals surface area (Å²) in [5.41, 5.74) is 0.935. The van der Waals surface area contributed by atoms with Crippen molar-refractivity contribution in [2.24, 2.45) is 0 Å². The second-order valence-corrected chi connectivity index (χ2v) is 6.61. The number of nitrogens with one attached hydrogen (secondary N) is 1. The van der Waals surface area contributed by atoms with Crippen LogP contribution in [0.15, 0.2) is 65.1 Å². The van der Waals surface area contributed by atoms with Crippen LogP contribution >= 0.6 is 0 Å². The Kier molecular flexibility index (Phi) is 7.32. The maximum atomic E-state index is 12.6. The molecule has 0 saturated carbocycles. The molecule has 0 aliphatic carbocycles. The van der Waals surface area contributed by atoms with E-state index in [0.717, 1.165) is 5.75 Å². The monoisotopic (exact) mass is 423 g/mol. The van der Waals surface area contributed by atoms with E-state index in [1.54, 1.807) is 45.0 Å². The minimum atomic E-state index is -0.928. The van der Waals surface area contributed by atoms with E-state index >= 15 is 0 Å². The Morgan fingerprint density at radius 3 is 2.23 bits per heavy atom. The van der Waals surface area contributed by atoms with Gasteiger partial charge in [-0.05, 0) is 63.2 Å². The summed E-state index contributed by atoms with van der Waals surface area (Å²) in [4.78, 5) is 24.7. The maximum absolute atomic E-state index is 12.6. The summed E-state index contributed by atoms with van der Waals surface area (Å²) in [7, 11) is 0. The summed E-state index contributed by atoms with van der Waals surface area (Å²) in [6, 6.07) is 17.2. The number of hydrogen-bond acceptors (Lipinski definition) is 7. The maximum Gasteiger partial charge on any atom is 0.341 e. The number of hydrogen-bond donors (Lipinski definition) is 1. The molecule has 0 bridgehead atoms. The molecule has 1 N–H and O–H groups in total. The van der Waals surface area contributed by atoms with E-state index in [2.05, 4.69) is 5.32 Å². The van der Waals surface area contributed by atoms with E-state index in [4.69, 9.17) is 18.6 Å². The van der Waals surface area contributed by atoms with Crippen LogP contribution in [-0.4, -0.2) is 25.2 Å². The molecular weight excluding hydrogens is 398 g/mol. The predicted octanol–water partition coefficient (Wildman–Crippen LogP) is 5.27. The average molecular weight is 423 g/mol. The van der Waals surface area contributed by atoms with Crippen molar-refractivity contribution in [3.8, 4) is 11.5 Å². The van der Waals surface area contributed by atoms with Gasteiger partial charge >= 0.3 is 11.9 Å². The zero-order valence-electron chi connectivity index (χ0n) is 17.7. The number of para-hydroxylation sites is 1. The minimum Gasteiger partial charge on any atom is -0.464 e. The summed E-state index contributed by atoms with van der Waals surface area (Å²) in [5.74, 6) is 1.00. The van der Waals surface area contributed by atoms with Crippen LogP contribution in [0, 0.1) is 6.92 Å². The first kappa shape index (κ1) is 22.0. The van der Waals surface area contributed by atoms with Crippen molar-refractivity contribution >= 4 is 17.6 Å². The number of furan rings is 1. The molecule has 0 amide bonds. The summed E-state index contributed by atoms with van der Waals surface area (Å²) in [6.07, 6.45) is 0. The normalized spacial score (nSPS) is 11.5. The predicted molar refractivity (Wildman–Crippen MR) is 115 cm³/mol. The molecule has 1 aromatic heterocycles. The van der Waals surface area contributed by atoms with Gasteiger partial charge in [-0.2, -0.15) is 0 Å². The van der Waals surface area contributed by atoms with Crippen LogP contribution in [0.25, 0.3) is 0 Å². The van der Waals surface area contributed by atoms with E-state index in [-0.39, 0.29) is 24.5 Å². The summed E-state index contributed by atoms with van der Waals surface area (Å²) in [5, 5.41) is 3.11. The number of carbonyl (C=O) groups is 2. The molecule has 3 aromatic rings. The Labute approximate surface area is 180 Å². The number of esters is 2. The number of carbonyl (C=O) groups excluding carboxylic acids is 2. The molecule has 3 rings (SSSR count). The SMILES string of the molecule is CCOC(=O)c1cc(C(Nc2ccc(Oc3ccccc3)cc2)C(=O)OCC)oc1C. The lowest BCUT2D eigenvalue weighted by Gasteiger charge is -2.17. The zero-order valence-corrected chi connectivity index (χ0v) is 17.7. The van der Waals surface area contributed by atoms with Crippen LogP contribution < -0.4 is 10.1 Å². The molecule has 7 heteroatoms. The van der Waals surface area contributed by atoms with Gasteiger partial charge in [-0.25, -0.2) is 9.59 Å². The fourth-order valence-corrected chi connectivity index (χ4v) is 2.94. The summed E-state index contributed by atoms with van der Waals surface area (Å²) >= 11 is 0. The highest BCUT2D eigenvalue weighted by molar-refractivity contribution is 5.91. The van der Waals surface area contributed by atoms with Crippen molar-refractivity contribution < 1.29 is 28.2 Å². The van der Waals surface area contributed by atoms with Crippen molar-refractivity contribution in [3.05, 3.63) is 77.7 Å². The van der Waals surface area contributed by atoms with E-state index in [1.165, 1.54) is 6.07 Å². The van der Waals surface area contributed by atoms with Gasteiger partial charge in [0.1, 0.15) is 28.6 Å². The third-order valence-electron chi connectivity index (χ3n) is 4.38. The average Bonchev–Trinajstić information content (AvgIpc) is 3.15.